The van der Waals surface area contributed by atoms with Gasteiger partial charge in [0.2, 0.25) is 0 Å². The second-order valence-electron chi connectivity index (χ2n) is 2.49. The predicted octanol–water partition coefficient (Wildman–Crippen LogP) is 1.39. The van der Waals surface area contributed by atoms with Crippen molar-refractivity contribution in [2.75, 3.05) is 0 Å². The highest BCUT2D eigenvalue weighted by molar-refractivity contribution is 6.30. The van der Waals surface area contributed by atoms with Crippen molar-refractivity contribution in [3.05, 3.63) is 16.7 Å². The van der Waals surface area contributed by atoms with E-state index in [2.05, 4.69) is 9.97 Å². The molecular formula is C7H9ClN2O2. The van der Waals surface area contributed by atoms with Gasteiger partial charge in [-0.25, -0.2) is 4.98 Å². The van der Waals surface area contributed by atoms with Gasteiger partial charge < -0.3 is 10.1 Å². The summed E-state index contributed by atoms with van der Waals surface area (Å²) in [6.07, 6.45) is 0.464. The second-order valence-corrected chi connectivity index (χ2v) is 2.85. The van der Waals surface area contributed by atoms with Crippen molar-refractivity contribution in [2.45, 2.75) is 19.8 Å². The minimum atomic E-state index is -0.833. The number of hydrogen-bond donors (Lipinski definition) is 2. The van der Waals surface area contributed by atoms with Crippen molar-refractivity contribution >= 4 is 17.6 Å². The highest BCUT2D eigenvalue weighted by Gasteiger charge is 2.05. The first-order chi connectivity index (χ1) is 5.59. The molecule has 4 nitrogen and oxygen atoms in total. The number of aliphatic carboxylic acids is 1. The monoisotopic (exact) mass is 188 g/mol. The number of imidazole rings is 1. The summed E-state index contributed by atoms with van der Waals surface area (Å²) in [5.41, 5.74) is 0.775. The van der Waals surface area contributed by atoms with E-state index in [9.17, 15) is 4.79 Å². The second kappa shape index (κ2) is 3.58. The van der Waals surface area contributed by atoms with E-state index in [-0.39, 0.29) is 6.42 Å². The van der Waals surface area contributed by atoms with Gasteiger partial charge in [0.25, 0.3) is 0 Å². The van der Waals surface area contributed by atoms with Crippen molar-refractivity contribution in [2.24, 2.45) is 0 Å². The smallest absolute Gasteiger partial charge is 0.303 e. The van der Waals surface area contributed by atoms with E-state index in [1.807, 2.05) is 0 Å². The Morgan fingerprint density at radius 3 is 2.83 bits per heavy atom. The molecule has 12 heavy (non-hydrogen) atoms. The molecule has 1 heterocycles. The van der Waals surface area contributed by atoms with Crippen LogP contribution in [0.15, 0.2) is 0 Å². The van der Waals surface area contributed by atoms with Crippen LogP contribution in [0.1, 0.15) is 17.9 Å². The minimum absolute atomic E-state index is 0.0727. The molecule has 0 bridgehead atoms. The molecule has 2 N–H and O–H groups in total. The van der Waals surface area contributed by atoms with Crippen LogP contribution in [-0.2, 0) is 11.2 Å². The molecule has 66 valence electrons. The van der Waals surface area contributed by atoms with Gasteiger partial charge in [0.15, 0.2) is 0 Å². The normalized spacial score (nSPS) is 10.2. The van der Waals surface area contributed by atoms with Crippen LogP contribution in [0, 0.1) is 6.92 Å². The fourth-order valence-corrected chi connectivity index (χ4v) is 0.991. The van der Waals surface area contributed by atoms with Gasteiger partial charge in [-0.2, -0.15) is 0 Å². The molecule has 1 aromatic rings. The van der Waals surface area contributed by atoms with Crippen molar-refractivity contribution in [1.29, 1.82) is 0 Å². The highest BCUT2D eigenvalue weighted by Crippen LogP contribution is 2.11. The molecule has 1 rings (SSSR count). The van der Waals surface area contributed by atoms with Crippen molar-refractivity contribution in [3.8, 4) is 0 Å². The lowest BCUT2D eigenvalue weighted by Gasteiger charge is -1.90. The number of H-pyrrole nitrogens is 1. The van der Waals surface area contributed by atoms with Gasteiger partial charge in [-0.1, -0.05) is 11.6 Å². The Hall–Kier alpha value is -1.03. The number of carboxylic acids is 1. The van der Waals surface area contributed by atoms with Crippen LogP contribution in [0.4, 0.5) is 0 Å². The summed E-state index contributed by atoms with van der Waals surface area (Å²) >= 11 is 5.65. The number of carbonyl (C=O) groups is 1. The lowest BCUT2D eigenvalue weighted by atomic mass is 10.3. The van der Waals surface area contributed by atoms with Crippen LogP contribution >= 0.6 is 11.6 Å². The number of nitrogens with zero attached hydrogens (tertiary/aromatic N) is 1. The topological polar surface area (TPSA) is 66.0 Å². The fourth-order valence-electron chi connectivity index (χ4n) is 0.842. The van der Waals surface area contributed by atoms with Gasteiger partial charge >= 0.3 is 5.97 Å². The maximum Gasteiger partial charge on any atom is 0.303 e. The maximum atomic E-state index is 10.2. The van der Waals surface area contributed by atoms with Crippen LogP contribution in [0.5, 0.6) is 0 Å². The summed E-state index contributed by atoms with van der Waals surface area (Å²) in [6.45, 7) is 1.79. The van der Waals surface area contributed by atoms with E-state index < -0.39 is 5.97 Å². The first-order valence-electron chi connectivity index (χ1n) is 3.52. The molecule has 0 atom stereocenters. The minimum Gasteiger partial charge on any atom is -0.481 e. The van der Waals surface area contributed by atoms with Gasteiger partial charge in [0.1, 0.15) is 11.0 Å². The Kier molecular flexibility index (Phi) is 2.70. The van der Waals surface area contributed by atoms with Crippen molar-refractivity contribution in [3.63, 3.8) is 0 Å². The standard InChI is InChI=1S/C7H9ClN2O2/c1-4-7(8)10-5(9-4)2-3-6(11)12/h2-3H2,1H3,(H,9,10)(H,11,12). The summed E-state index contributed by atoms with van der Waals surface area (Å²) in [4.78, 5) is 17.0. The van der Waals surface area contributed by atoms with Crippen LogP contribution in [0.2, 0.25) is 5.15 Å². The Morgan fingerprint density at radius 2 is 2.42 bits per heavy atom. The third-order valence-electron chi connectivity index (χ3n) is 1.45. The highest BCUT2D eigenvalue weighted by atomic mass is 35.5. The molecule has 0 radical (unpaired) electrons. The van der Waals surface area contributed by atoms with Gasteiger partial charge in [0, 0.05) is 6.42 Å². The van der Waals surface area contributed by atoms with Crippen LogP contribution < -0.4 is 0 Å². The molecule has 0 saturated heterocycles. The van der Waals surface area contributed by atoms with Crippen LogP contribution in [-0.4, -0.2) is 21.0 Å². The summed E-state index contributed by atoms with van der Waals surface area (Å²) in [7, 11) is 0. The summed E-state index contributed by atoms with van der Waals surface area (Å²) in [6, 6.07) is 0. The summed E-state index contributed by atoms with van der Waals surface area (Å²) in [5.74, 6) is -0.208. The third kappa shape index (κ3) is 2.23. The van der Waals surface area contributed by atoms with E-state index in [4.69, 9.17) is 16.7 Å². The lowest BCUT2D eigenvalue weighted by molar-refractivity contribution is -0.137. The largest absolute Gasteiger partial charge is 0.481 e. The molecule has 1 aromatic heterocycles. The zero-order valence-electron chi connectivity index (χ0n) is 6.59. The molecule has 0 spiro atoms. The summed E-state index contributed by atoms with van der Waals surface area (Å²) in [5, 5.41) is 8.79. The van der Waals surface area contributed by atoms with Crippen LogP contribution in [0.25, 0.3) is 0 Å². The zero-order chi connectivity index (χ0) is 9.14. The van der Waals surface area contributed by atoms with E-state index in [1.54, 1.807) is 6.92 Å². The molecule has 0 aliphatic heterocycles. The SMILES string of the molecule is Cc1[nH]c(CCC(=O)O)nc1Cl. The Morgan fingerprint density at radius 1 is 1.75 bits per heavy atom. The molecular weight excluding hydrogens is 180 g/mol. The molecule has 0 aromatic carbocycles. The third-order valence-corrected chi connectivity index (χ3v) is 1.82. The molecule has 0 fully saturated rings. The summed E-state index contributed by atoms with van der Waals surface area (Å²) < 4.78 is 0. The number of aryl methyl sites for hydroxylation is 2. The molecule has 0 saturated carbocycles. The fraction of sp³-hybridized carbons (Fsp3) is 0.429. The van der Waals surface area contributed by atoms with Crippen LogP contribution in [0.3, 0.4) is 0 Å². The molecule has 5 heteroatoms. The first-order valence-corrected chi connectivity index (χ1v) is 3.90. The van der Waals surface area contributed by atoms with E-state index in [1.165, 1.54) is 0 Å². The Labute approximate surface area is 74.6 Å². The first kappa shape index (κ1) is 9.06. The van der Waals surface area contributed by atoms with Crippen molar-refractivity contribution < 1.29 is 9.90 Å². The average Bonchev–Trinajstić information content (AvgIpc) is 2.28. The van der Waals surface area contributed by atoms with E-state index >= 15 is 0 Å². The number of aromatic amines is 1. The lowest BCUT2D eigenvalue weighted by Crippen LogP contribution is -1.98. The maximum absolute atomic E-state index is 10.2. The number of halogens is 1. The number of nitrogens with one attached hydrogen (secondary N) is 1. The molecule has 0 amide bonds. The zero-order valence-corrected chi connectivity index (χ0v) is 7.35. The van der Waals surface area contributed by atoms with Gasteiger partial charge in [0.05, 0.1) is 12.1 Å². The number of hydrogen-bond acceptors (Lipinski definition) is 2. The van der Waals surface area contributed by atoms with Gasteiger partial charge in [-0.15, -0.1) is 0 Å². The molecule has 0 aliphatic rings. The van der Waals surface area contributed by atoms with Crippen molar-refractivity contribution in [1.82, 2.24) is 9.97 Å². The Bertz CT molecular complexity index is 276. The van der Waals surface area contributed by atoms with E-state index in [0.717, 1.165) is 5.69 Å². The number of aromatic nitrogens is 2. The van der Waals surface area contributed by atoms with Gasteiger partial charge in [-0.05, 0) is 6.92 Å². The number of rotatable bonds is 3. The van der Waals surface area contributed by atoms with Gasteiger partial charge in [-0.3, -0.25) is 4.79 Å². The van der Waals surface area contributed by atoms with E-state index in [0.29, 0.717) is 17.4 Å². The number of carboxylic acid groups (broad SMARTS) is 1. The predicted molar refractivity (Wildman–Crippen MR) is 44.3 cm³/mol. The quantitative estimate of drug-likeness (QED) is 0.754. The molecule has 0 unspecified atom stereocenters. The Balaban J connectivity index is 2.58. The average molecular weight is 189 g/mol. The molecule has 0 aliphatic carbocycles.